The van der Waals surface area contributed by atoms with Crippen LogP contribution in [-0.4, -0.2) is 15.7 Å². The Morgan fingerprint density at radius 1 is 1.21 bits per heavy atom. The molecule has 3 rings (SSSR count). The van der Waals surface area contributed by atoms with Crippen molar-refractivity contribution < 1.29 is 10.0 Å². The fraction of sp³-hybridized carbons (Fsp3) is 0.0714. The number of phenols is 1. The van der Waals surface area contributed by atoms with E-state index < -0.39 is 4.92 Å². The number of rotatable bonds is 2. The predicted molar refractivity (Wildman–Crippen MR) is 71.1 cm³/mol. The van der Waals surface area contributed by atoms with Crippen molar-refractivity contribution in [2.24, 2.45) is 4.99 Å². The molecule has 2 aromatic rings. The number of hydrogen-bond acceptors (Lipinski definition) is 4. The van der Waals surface area contributed by atoms with Crippen LogP contribution in [0.15, 0.2) is 47.5 Å². The second-order valence-electron chi connectivity index (χ2n) is 4.32. The molecule has 0 saturated carbocycles. The van der Waals surface area contributed by atoms with E-state index in [9.17, 15) is 15.2 Å². The maximum Gasteiger partial charge on any atom is 0.270 e. The van der Waals surface area contributed by atoms with Crippen LogP contribution in [0.3, 0.4) is 0 Å². The second-order valence-corrected chi connectivity index (χ2v) is 4.32. The van der Waals surface area contributed by atoms with Gasteiger partial charge in [0, 0.05) is 24.1 Å². The molecule has 0 amide bonds. The van der Waals surface area contributed by atoms with Crippen molar-refractivity contribution in [1.82, 2.24) is 0 Å². The number of fused-ring (bicyclic) bond motifs is 1. The van der Waals surface area contributed by atoms with E-state index in [-0.39, 0.29) is 11.4 Å². The highest BCUT2D eigenvalue weighted by Crippen LogP contribution is 2.32. The Morgan fingerprint density at radius 3 is 2.74 bits per heavy atom. The molecule has 5 nitrogen and oxygen atoms in total. The van der Waals surface area contributed by atoms with Crippen molar-refractivity contribution in [3.8, 4) is 5.75 Å². The zero-order chi connectivity index (χ0) is 13.4. The molecule has 0 aliphatic carbocycles. The molecule has 94 valence electrons. The Hall–Kier alpha value is -2.69. The number of benzene rings is 2. The molecule has 0 unspecified atom stereocenters. The summed E-state index contributed by atoms with van der Waals surface area (Å²) in [6.45, 7) is 0. The van der Waals surface area contributed by atoms with Crippen LogP contribution in [-0.2, 0) is 6.42 Å². The van der Waals surface area contributed by atoms with Crippen molar-refractivity contribution in [3.05, 3.63) is 63.7 Å². The topological polar surface area (TPSA) is 75.7 Å². The van der Waals surface area contributed by atoms with E-state index in [1.807, 2.05) is 24.3 Å². The van der Waals surface area contributed by atoms with Gasteiger partial charge in [-0.2, -0.15) is 0 Å². The smallest absolute Gasteiger partial charge is 0.270 e. The van der Waals surface area contributed by atoms with Gasteiger partial charge in [0.25, 0.3) is 5.69 Å². The number of aliphatic imine (C=N–C) groups is 1. The predicted octanol–water partition coefficient (Wildman–Crippen LogP) is 2.98. The van der Waals surface area contributed by atoms with Crippen LogP contribution in [0.5, 0.6) is 5.75 Å². The molecular formula is C14H10N2O3. The molecule has 1 N–H and O–H groups in total. The molecule has 1 heterocycles. The third kappa shape index (κ3) is 1.95. The Kier molecular flexibility index (Phi) is 2.52. The molecule has 0 spiro atoms. The largest absolute Gasteiger partial charge is 0.507 e. The first-order valence-electron chi connectivity index (χ1n) is 5.78. The zero-order valence-corrected chi connectivity index (χ0v) is 9.91. The zero-order valence-electron chi connectivity index (χ0n) is 9.91. The molecule has 1 aliphatic heterocycles. The van der Waals surface area contributed by atoms with Crippen LogP contribution >= 0.6 is 0 Å². The fourth-order valence-electron chi connectivity index (χ4n) is 2.16. The summed E-state index contributed by atoms with van der Waals surface area (Å²) in [5.41, 5.74) is 2.94. The summed E-state index contributed by atoms with van der Waals surface area (Å²) in [4.78, 5) is 14.7. The Balaban J connectivity index is 2.05. The van der Waals surface area contributed by atoms with Crippen LogP contribution in [0.2, 0.25) is 0 Å². The molecule has 0 radical (unpaired) electrons. The van der Waals surface area contributed by atoms with E-state index in [1.165, 1.54) is 18.2 Å². The third-order valence-corrected chi connectivity index (χ3v) is 3.11. The number of non-ortho nitro benzene ring substituents is 1. The summed E-state index contributed by atoms with van der Waals surface area (Å²) >= 11 is 0. The molecule has 0 saturated heterocycles. The maximum absolute atomic E-state index is 10.8. The van der Waals surface area contributed by atoms with Gasteiger partial charge in [0.05, 0.1) is 16.3 Å². The molecule has 2 aromatic carbocycles. The van der Waals surface area contributed by atoms with Crippen molar-refractivity contribution in [1.29, 1.82) is 0 Å². The van der Waals surface area contributed by atoms with Gasteiger partial charge < -0.3 is 5.11 Å². The molecule has 0 fully saturated rings. The van der Waals surface area contributed by atoms with Gasteiger partial charge in [-0.15, -0.1) is 0 Å². The highest BCUT2D eigenvalue weighted by atomic mass is 16.6. The summed E-state index contributed by atoms with van der Waals surface area (Å²) in [5, 5.41) is 20.6. The molecule has 0 atom stereocenters. The molecule has 0 aromatic heterocycles. The van der Waals surface area contributed by atoms with Gasteiger partial charge in [0.2, 0.25) is 0 Å². The fourth-order valence-corrected chi connectivity index (χ4v) is 2.16. The number of nitrogens with zero attached hydrogens (tertiary/aromatic N) is 2. The number of nitro groups is 1. The van der Waals surface area contributed by atoms with Crippen molar-refractivity contribution in [2.75, 3.05) is 0 Å². The van der Waals surface area contributed by atoms with Crippen LogP contribution in [0.1, 0.15) is 11.1 Å². The van der Waals surface area contributed by atoms with Gasteiger partial charge in [-0.1, -0.05) is 18.2 Å². The standard InChI is InChI=1S/C14H10N2O3/c17-14-6-5-10(16(18)19)8-11(14)13-7-9-3-1-2-4-12(9)15-13/h1-6,8,17H,7H2. The monoisotopic (exact) mass is 254 g/mol. The van der Waals surface area contributed by atoms with Gasteiger partial charge in [-0.05, 0) is 17.7 Å². The SMILES string of the molecule is O=[N+]([O-])c1ccc(O)c(C2=Nc3ccccc3C2)c1. The Labute approximate surface area is 109 Å². The van der Waals surface area contributed by atoms with Gasteiger partial charge >= 0.3 is 0 Å². The minimum Gasteiger partial charge on any atom is -0.507 e. The van der Waals surface area contributed by atoms with Crippen LogP contribution in [0.25, 0.3) is 0 Å². The van der Waals surface area contributed by atoms with Crippen molar-refractivity contribution >= 4 is 17.1 Å². The number of aromatic hydroxyl groups is 1. The molecule has 19 heavy (non-hydrogen) atoms. The minimum atomic E-state index is -0.481. The van der Waals surface area contributed by atoms with E-state index in [0.29, 0.717) is 17.7 Å². The first-order chi connectivity index (χ1) is 9.15. The van der Waals surface area contributed by atoms with Crippen LogP contribution in [0, 0.1) is 10.1 Å². The van der Waals surface area contributed by atoms with Gasteiger partial charge in [0.15, 0.2) is 0 Å². The minimum absolute atomic E-state index is 0.0113. The van der Waals surface area contributed by atoms with Crippen LogP contribution in [0.4, 0.5) is 11.4 Å². The van der Waals surface area contributed by atoms with Gasteiger partial charge in [-0.3, -0.25) is 15.1 Å². The lowest BCUT2D eigenvalue weighted by Gasteiger charge is -2.03. The lowest BCUT2D eigenvalue weighted by atomic mass is 10.0. The first-order valence-corrected chi connectivity index (χ1v) is 5.78. The normalized spacial score (nSPS) is 12.9. The van der Waals surface area contributed by atoms with E-state index >= 15 is 0 Å². The molecule has 1 aliphatic rings. The van der Waals surface area contributed by atoms with Crippen molar-refractivity contribution in [3.63, 3.8) is 0 Å². The van der Waals surface area contributed by atoms with Crippen molar-refractivity contribution in [2.45, 2.75) is 6.42 Å². The van der Waals surface area contributed by atoms with E-state index in [0.717, 1.165) is 11.3 Å². The molecule has 0 bridgehead atoms. The summed E-state index contributed by atoms with van der Waals surface area (Å²) in [5.74, 6) is 0.0113. The lowest BCUT2D eigenvalue weighted by molar-refractivity contribution is -0.384. The Bertz CT molecular complexity index is 708. The average molecular weight is 254 g/mol. The van der Waals surface area contributed by atoms with E-state index in [1.54, 1.807) is 0 Å². The quantitative estimate of drug-likeness (QED) is 0.661. The van der Waals surface area contributed by atoms with Gasteiger partial charge in [-0.25, -0.2) is 0 Å². The molecule has 5 heteroatoms. The summed E-state index contributed by atoms with van der Waals surface area (Å²) in [6, 6.07) is 11.6. The Morgan fingerprint density at radius 2 is 2.00 bits per heavy atom. The number of phenolic OH excluding ortho intramolecular Hbond substituents is 1. The summed E-state index contributed by atoms with van der Waals surface area (Å²) in [6.07, 6.45) is 0.574. The summed E-state index contributed by atoms with van der Waals surface area (Å²) in [7, 11) is 0. The summed E-state index contributed by atoms with van der Waals surface area (Å²) < 4.78 is 0. The maximum atomic E-state index is 10.8. The highest BCUT2D eigenvalue weighted by Gasteiger charge is 2.20. The number of hydrogen-bond donors (Lipinski definition) is 1. The van der Waals surface area contributed by atoms with E-state index in [2.05, 4.69) is 4.99 Å². The average Bonchev–Trinajstić information content (AvgIpc) is 2.82. The lowest BCUT2D eigenvalue weighted by Crippen LogP contribution is -2.02. The van der Waals surface area contributed by atoms with Crippen LogP contribution < -0.4 is 0 Å². The molecular weight excluding hydrogens is 244 g/mol. The van der Waals surface area contributed by atoms with Gasteiger partial charge in [0.1, 0.15) is 5.75 Å². The number of para-hydroxylation sites is 1. The second kappa shape index (κ2) is 4.20. The number of nitro benzene ring substituents is 1. The first kappa shape index (κ1) is 11.4. The van der Waals surface area contributed by atoms with E-state index in [4.69, 9.17) is 0 Å². The highest BCUT2D eigenvalue weighted by molar-refractivity contribution is 6.08. The third-order valence-electron chi connectivity index (χ3n) is 3.11.